The summed E-state index contributed by atoms with van der Waals surface area (Å²) < 4.78 is 1.26. The maximum Gasteiger partial charge on any atom is 0.404 e. The van der Waals surface area contributed by atoms with Crippen LogP contribution in [0.15, 0.2) is 28.4 Å². The van der Waals surface area contributed by atoms with Crippen LogP contribution >= 0.6 is 11.3 Å². The molecule has 1 amide bonds. The van der Waals surface area contributed by atoms with Crippen LogP contribution in [0.4, 0.5) is 4.79 Å². The van der Waals surface area contributed by atoms with Crippen molar-refractivity contribution in [3.05, 3.63) is 39.5 Å². The van der Waals surface area contributed by atoms with Crippen molar-refractivity contribution >= 4 is 17.4 Å². The lowest BCUT2D eigenvalue weighted by molar-refractivity contribution is 0.194. The lowest BCUT2D eigenvalue weighted by atomic mass is 10.3. The molecule has 0 aliphatic carbocycles. The summed E-state index contributed by atoms with van der Waals surface area (Å²) in [4.78, 5) is 22.9. The van der Waals surface area contributed by atoms with Gasteiger partial charge in [-0.25, -0.2) is 9.48 Å². The Balaban J connectivity index is 2.20. The number of nitrogens with zero attached hydrogens (tertiary/aromatic N) is 2. The fourth-order valence-corrected chi connectivity index (χ4v) is 2.44. The van der Waals surface area contributed by atoms with Crippen LogP contribution in [0.2, 0.25) is 0 Å². The Labute approximate surface area is 113 Å². The van der Waals surface area contributed by atoms with Gasteiger partial charge in [-0.05, 0) is 30.0 Å². The lowest BCUT2D eigenvalue weighted by Gasteiger charge is -2.05. The third kappa shape index (κ3) is 3.41. The number of rotatable bonds is 4. The fourth-order valence-electron chi connectivity index (χ4n) is 1.57. The molecule has 2 N–H and O–H groups in total. The molecule has 100 valence electrons. The SMILES string of the molecule is Cc1csc(-c2ccc(=O)n(CCNC(=O)O)n2)c1. The zero-order valence-electron chi connectivity index (χ0n) is 10.3. The van der Waals surface area contributed by atoms with Gasteiger partial charge in [0.1, 0.15) is 5.69 Å². The molecule has 0 bridgehead atoms. The molecule has 0 aliphatic heterocycles. The molecule has 7 heteroatoms. The summed E-state index contributed by atoms with van der Waals surface area (Å²) in [5.41, 5.74) is 1.62. The van der Waals surface area contributed by atoms with Gasteiger partial charge in [-0.1, -0.05) is 0 Å². The van der Waals surface area contributed by atoms with Gasteiger partial charge < -0.3 is 10.4 Å². The molecule has 2 aromatic rings. The van der Waals surface area contributed by atoms with Crippen molar-refractivity contribution in [3.8, 4) is 10.6 Å². The van der Waals surface area contributed by atoms with Gasteiger partial charge in [0.2, 0.25) is 0 Å². The lowest BCUT2D eigenvalue weighted by Crippen LogP contribution is -2.30. The molecule has 19 heavy (non-hydrogen) atoms. The van der Waals surface area contributed by atoms with E-state index in [1.165, 1.54) is 10.7 Å². The van der Waals surface area contributed by atoms with E-state index >= 15 is 0 Å². The molecule has 0 aliphatic rings. The Kier molecular flexibility index (Phi) is 3.96. The van der Waals surface area contributed by atoms with Crippen LogP contribution in [0.25, 0.3) is 10.6 Å². The number of amides is 1. The predicted octanol–water partition coefficient (Wildman–Crippen LogP) is 1.55. The quantitative estimate of drug-likeness (QED) is 0.889. The van der Waals surface area contributed by atoms with Gasteiger partial charge in [0.05, 0.1) is 11.4 Å². The van der Waals surface area contributed by atoms with Crippen molar-refractivity contribution in [1.82, 2.24) is 15.1 Å². The molecule has 0 atom stereocenters. The second-order valence-electron chi connectivity index (χ2n) is 4.00. The van der Waals surface area contributed by atoms with Crippen molar-refractivity contribution in [2.45, 2.75) is 13.5 Å². The van der Waals surface area contributed by atoms with Gasteiger partial charge in [-0.2, -0.15) is 5.10 Å². The summed E-state index contributed by atoms with van der Waals surface area (Å²) in [7, 11) is 0. The number of carboxylic acid groups (broad SMARTS) is 1. The van der Waals surface area contributed by atoms with E-state index in [2.05, 4.69) is 10.4 Å². The normalized spacial score (nSPS) is 10.4. The zero-order chi connectivity index (χ0) is 13.8. The van der Waals surface area contributed by atoms with Crippen molar-refractivity contribution < 1.29 is 9.90 Å². The summed E-state index contributed by atoms with van der Waals surface area (Å²) in [6, 6.07) is 5.12. The Bertz CT molecular complexity index is 648. The standard InChI is InChI=1S/C12H13N3O3S/c1-8-6-10(19-7-8)9-2-3-11(16)15(14-9)5-4-13-12(17)18/h2-3,6-7,13H,4-5H2,1H3,(H,17,18). The molecule has 2 rings (SSSR count). The van der Waals surface area contributed by atoms with Gasteiger partial charge in [-0.15, -0.1) is 11.3 Å². The van der Waals surface area contributed by atoms with Crippen LogP contribution in [0.1, 0.15) is 5.56 Å². The predicted molar refractivity (Wildman–Crippen MR) is 72.6 cm³/mol. The van der Waals surface area contributed by atoms with Gasteiger partial charge >= 0.3 is 6.09 Å². The zero-order valence-corrected chi connectivity index (χ0v) is 11.1. The molecule has 0 saturated heterocycles. The number of nitrogens with one attached hydrogen (secondary N) is 1. The van der Waals surface area contributed by atoms with Crippen LogP contribution < -0.4 is 10.9 Å². The van der Waals surface area contributed by atoms with Crippen LogP contribution in [-0.2, 0) is 6.54 Å². The average Bonchev–Trinajstić information content (AvgIpc) is 2.78. The number of aromatic nitrogens is 2. The Morgan fingerprint density at radius 3 is 2.95 bits per heavy atom. The van der Waals surface area contributed by atoms with E-state index in [0.29, 0.717) is 5.69 Å². The van der Waals surface area contributed by atoms with Crippen molar-refractivity contribution in [3.63, 3.8) is 0 Å². The molecular formula is C12H13N3O3S. The molecule has 0 saturated carbocycles. The maximum atomic E-state index is 11.6. The monoisotopic (exact) mass is 279 g/mol. The van der Waals surface area contributed by atoms with Crippen LogP contribution in [0, 0.1) is 6.92 Å². The third-order valence-electron chi connectivity index (χ3n) is 2.45. The van der Waals surface area contributed by atoms with Gasteiger partial charge in [0.15, 0.2) is 0 Å². The van der Waals surface area contributed by atoms with Gasteiger partial charge in [0, 0.05) is 12.6 Å². The van der Waals surface area contributed by atoms with Crippen LogP contribution in [0.5, 0.6) is 0 Å². The molecule has 0 spiro atoms. The Morgan fingerprint density at radius 2 is 2.32 bits per heavy atom. The van der Waals surface area contributed by atoms with E-state index in [-0.39, 0.29) is 18.6 Å². The molecule has 0 fully saturated rings. The summed E-state index contributed by atoms with van der Waals surface area (Å²) in [5, 5.41) is 16.9. The molecule has 6 nitrogen and oxygen atoms in total. The highest BCUT2D eigenvalue weighted by molar-refractivity contribution is 7.13. The molecule has 0 radical (unpaired) electrons. The first-order chi connectivity index (χ1) is 9.06. The van der Waals surface area contributed by atoms with E-state index in [9.17, 15) is 9.59 Å². The highest BCUT2D eigenvalue weighted by Crippen LogP contribution is 2.24. The van der Waals surface area contributed by atoms with Crippen LogP contribution in [0.3, 0.4) is 0 Å². The minimum Gasteiger partial charge on any atom is -0.465 e. The Hall–Kier alpha value is -2.15. The Morgan fingerprint density at radius 1 is 1.53 bits per heavy atom. The van der Waals surface area contributed by atoms with Crippen molar-refractivity contribution in [1.29, 1.82) is 0 Å². The molecule has 2 heterocycles. The van der Waals surface area contributed by atoms with Gasteiger partial charge in [0.25, 0.3) is 5.56 Å². The number of carbonyl (C=O) groups is 1. The topological polar surface area (TPSA) is 84.2 Å². The minimum atomic E-state index is -1.11. The first kappa shape index (κ1) is 13.3. The summed E-state index contributed by atoms with van der Waals surface area (Å²) in [6.07, 6.45) is -1.11. The van der Waals surface area contributed by atoms with E-state index < -0.39 is 6.09 Å². The summed E-state index contributed by atoms with van der Waals surface area (Å²) in [6.45, 7) is 2.35. The largest absolute Gasteiger partial charge is 0.465 e. The number of aryl methyl sites for hydroxylation is 1. The average molecular weight is 279 g/mol. The first-order valence-electron chi connectivity index (χ1n) is 5.67. The van der Waals surface area contributed by atoms with Crippen molar-refractivity contribution in [2.75, 3.05) is 6.54 Å². The highest BCUT2D eigenvalue weighted by Gasteiger charge is 2.05. The fraction of sp³-hybridized carbons (Fsp3) is 0.250. The molecule has 0 aromatic carbocycles. The van der Waals surface area contributed by atoms with Crippen LogP contribution in [-0.4, -0.2) is 27.5 Å². The molecule has 2 aromatic heterocycles. The second-order valence-corrected chi connectivity index (χ2v) is 4.91. The maximum absolute atomic E-state index is 11.6. The minimum absolute atomic E-state index is 0.148. The van der Waals surface area contributed by atoms with E-state index in [1.807, 2.05) is 18.4 Å². The molecular weight excluding hydrogens is 266 g/mol. The third-order valence-corrected chi connectivity index (χ3v) is 3.52. The smallest absolute Gasteiger partial charge is 0.404 e. The highest BCUT2D eigenvalue weighted by atomic mass is 32.1. The second kappa shape index (κ2) is 5.66. The summed E-state index contributed by atoms with van der Waals surface area (Å²) in [5.74, 6) is 0. The number of hydrogen-bond acceptors (Lipinski definition) is 4. The van der Waals surface area contributed by atoms with Gasteiger partial charge in [-0.3, -0.25) is 4.79 Å². The van der Waals surface area contributed by atoms with E-state index in [1.54, 1.807) is 17.4 Å². The van der Waals surface area contributed by atoms with E-state index in [4.69, 9.17) is 5.11 Å². The number of thiophene rings is 1. The number of hydrogen-bond donors (Lipinski definition) is 2. The summed E-state index contributed by atoms with van der Waals surface area (Å²) >= 11 is 1.56. The molecule has 0 unspecified atom stereocenters. The first-order valence-corrected chi connectivity index (χ1v) is 6.55. The van der Waals surface area contributed by atoms with E-state index in [0.717, 1.165) is 10.4 Å². The van der Waals surface area contributed by atoms with Crippen molar-refractivity contribution in [2.24, 2.45) is 0 Å².